The quantitative estimate of drug-likeness (QED) is 0.795. The number of rotatable bonds is 7. The number of ether oxygens (including phenoxy) is 2. The van der Waals surface area contributed by atoms with E-state index in [2.05, 4.69) is 17.3 Å². The van der Waals surface area contributed by atoms with Crippen LogP contribution in [0.3, 0.4) is 0 Å². The van der Waals surface area contributed by atoms with Crippen molar-refractivity contribution in [3.05, 3.63) is 18.0 Å². The molecule has 134 valence electrons. The first-order valence-corrected chi connectivity index (χ1v) is 8.72. The van der Waals surface area contributed by atoms with Gasteiger partial charge in [0.25, 0.3) is 0 Å². The van der Waals surface area contributed by atoms with Crippen LogP contribution in [0.25, 0.3) is 0 Å². The first kappa shape index (κ1) is 17.4. The fourth-order valence-corrected chi connectivity index (χ4v) is 3.85. The summed E-state index contributed by atoms with van der Waals surface area (Å²) in [7, 11) is 3.57. The summed E-state index contributed by atoms with van der Waals surface area (Å²) in [6.45, 7) is 4.90. The van der Waals surface area contributed by atoms with Crippen LogP contribution >= 0.6 is 0 Å². The zero-order valence-corrected chi connectivity index (χ0v) is 14.8. The van der Waals surface area contributed by atoms with Crippen LogP contribution < -0.4 is 5.32 Å². The number of likely N-dealkylation sites (tertiary alicyclic amines) is 1. The van der Waals surface area contributed by atoms with Gasteiger partial charge in [0.1, 0.15) is 0 Å². The van der Waals surface area contributed by atoms with Crippen molar-refractivity contribution in [1.82, 2.24) is 20.0 Å². The van der Waals surface area contributed by atoms with Crippen LogP contribution in [0, 0.1) is 5.92 Å². The molecule has 1 amide bonds. The topological polar surface area (TPSA) is 68.6 Å². The lowest BCUT2D eigenvalue weighted by Crippen LogP contribution is -2.39. The minimum atomic E-state index is 0.0616. The molecule has 1 N–H and O–H groups in total. The van der Waals surface area contributed by atoms with Crippen molar-refractivity contribution in [2.45, 2.75) is 38.0 Å². The number of carbonyl (C=O) groups is 1. The molecule has 4 atom stereocenters. The summed E-state index contributed by atoms with van der Waals surface area (Å²) < 4.78 is 12.6. The number of hydrogen-bond donors (Lipinski definition) is 1. The van der Waals surface area contributed by atoms with Gasteiger partial charge in [-0.2, -0.15) is 5.10 Å². The van der Waals surface area contributed by atoms with Gasteiger partial charge < -0.3 is 19.7 Å². The van der Waals surface area contributed by atoms with E-state index in [1.54, 1.807) is 11.8 Å². The lowest BCUT2D eigenvalue weighted by atomic mass is 9.95. The largest absolute Gasteiger partial charge is 0.383 e. The summed E-state index contributed by atoms with van der Waals surface area (Å²) >= 11 is 0. The molecular weight excluding hydrogens is 308 g/mol. The maximum Gasteiger partial charge on any atom is 0.223 e. The Hall–Kier alpha value is -1.44. The highest BCUT2D eigenvalue weighted by atomic mass is 16.5. The van der Waals surface area contributed by atoms with Crippen LogP contribution in [-0.4, -0.2) is 66.1 Å². The van der Waals surface area contributed by atoms with Gasteiger partial charge in [-0.1, -0.05) is 0 Å². The number of hydrogen-bond acceptors (Lipinski definition) is 5. The van der Waals surface area contributed by atoms with Crippen LogP contribution in [0.1, 0.15) is 31.4 Å². The molecule has 0 bridgehead atoms. The third-order valence-corrected chi connectivity index (χ3v) is 5.16. The number of aromatic nitrogens is 2. The van der Waals surface area contributed by atoms with Crippen LogP contribution in [0.5, 0.6) is 0 Å². The van der Waals surface area contributed by atoms with E-state index in [4.69, 9.17) is 9.47 Å². The highest BCUT2D eigenvalue weighted by Gasteiger charge is 2.41. The van der Waals surface area contributed by atoms with E-state index < -0.39 is 0 Å². The standard InChI is InChI=1S/C17H28N4O3/c1-12-15(4-6-24-12)18-9-13-8-16(22)21(5-7-23-3)17(13)14-10-19-20(2)11-14/h10-13,15,17-18H,4-9H2,1-3H3/t12-,13+,15-,17-/m1/s1. The van der Waals surface area contributed by atoms with Gasteiger partial charge in [-0.25, -0.2) is 0 Å². The van der Waals surface area contributed by atoms with Crippen molar-refractivity contribution in [3.8, 4) is 0 Å². The van der Waals surface area contributed by atoms with Gasteiger partial charge in [-0.05, 0) is 13.3 Å². The van der Waals surface area contributed by atoms with E-state index in [9.17, 15) is 4.79 Å². The Balaban J connectivity index is 1.72. The molecule has 1 aromatic rings. The predicted octanol–water partition coefficient (Wildman–Crippen LogP) is 0.723. The highest BCUT2D eigenvalue weighted by Crippen LogP contribution is 2.37. The Bertz CT molecular complexity index is 562. The third-order valence-electron chi connectivity index (χ3n) is 5.16. The second-order valence-corrected chi connectivity index (χ2v) is 6.82. The van der Waals surface area contributed by atoms with E-state index in [-0.39, 0.29) is 24.0 Å². The second-order valence-electron chi connectivity index (χ2n) is 6.82. The lowest BCUT2D eigenvalue weighted by molar-refractivity contribution is -0.129. The summed E-state index contributed by atoms with van der Waals surface area (Å²) in [5.74, 6) is 0.440. The van der Waals surface area contributed by atoms with Crippen molar-refractivity contribution >= 4 is 5.91 Å². The molecule has 1 aromatic heterocycles. The van der Waals surface area contributed by atoms with Gasteiger partial charge in [0.2, 0.25) is 5.91 Å². The molecule has 3 heterocycles. The Kier molecular flexibility index (Phi) is 5.53. The van der Waals surface area contributed by atoms with Crippen molar-refractivity contribution in [2.75, 3.05) is 33.4 Å². The molecule has 2 saturated heterocycles. The smallest absolute Gasteiger partial charge is 0.223 e. The predicted molar refractivity (Wildman–Crippen MR) is 89.5 cm³/mol. The number of carbonyl (C=O) groups excluding carboxylic acids is 1. The third kappa shape index (κ3) is 3.63. The second kappa shape index (κ2) is 7.63. The van der Waals surface area contributed by atoms with Gasteiger partial charge >= 0.3 is 0 Å². The normalized spacial score (nSPS) is 30.5. The zero-order valence-electron chi connectivity index (χ0n) is 14.8. The molecule has 2 aliphatic heterocycles. The van der Waals surface area contributed by atoms with E-state index >= 15 is 0 Å². The SMILES string of the molecule is COCCN1C(=O)C[C@@H](CN[C@@H]2CCO[C@@H]2C)[C@@H]1c1cnn(C)c1. The monoisotopic (exact) mass is 336 g/mol. The molecule has 0 aromatic carbocycles. The number of amides is 1. The molecule has 0 radical (unpaired) electrons. The molecule has 0 spiro atoms. The number of aryl methyl sites for hydroxylation is 1. The first-order chi connectivity index (χ1) is 11.6. The number of methoxy groups -OCH3 is 1. The van der Waals surface area contributed by atoms with E-state index in [1.807, 2.05) is 24.3 Å². The Morgan fingerprint density at radius 3 is 2.96 bits per heavy atom. The van der Waals surface area contributed by atoms with Crippen molar-refractivity contribution in [3.63, 3.8) is 0 Å². The Labute approximate surface area is 143 Å². The van der Waals surface area contributed by atoms with Crippen molar-refractivity contribution in [2.24, 2.45) is 13.0 Å². The molecule has 24 heavy (non-hydrogen) atoms. The van der Waals surface area contributed by atoms with Crippen LogP contribution in [0.4, 0.5) is 0 Å². The summed E-state index contributed by atoms with van der Waals surface area (Å²) in [5, 5.41) is 7.91. The van der Waals surface area contributed by atoms with Crippen molar-refractivity contribution in [1.29, 1.82) is 0 Å². The summed E-state index contributed by atoms with van der Waals surface area (Å²) in [6.07, 6.45) is 5.73. The average Bonchev–Trinajstić information content (AvgIpc) is 3.23. The molecule has 3 rings (SSSR count). The van der Waals surface area contributed by atoms with Gasteiger partial charge in [-0.3, -0.25) is 9.48 Å². The minimum Gasteiger partial charge on any atom is -0.383 e. The minimum absolute atomic E-state index is 0.0616. The summed E-state index contributed by atoms with van der Waals surface area (Å²) in [5.41, 5.74) is 1.10. The number of nitrogens with one attached hydrogen (secondary N) is 1. The van der Waals surface area contributed by atoms with Gasteiger partial charge in [0, 0.05) is 64.0 Å². The molecule has 2 fully saturated rings. The average molecular weight is 336 g/mol. The number of nitrogens with zero attached hydrogens (tertiary/aromatic N) is 3. The van der Waals surface area contributed by atoms with E-state index in [0.717, 1.165) is 25.1 Å². The molecule has 0 saturated carbocycles. The van der Waals surface area contributed by atoms with E-state index in [1.165, 1.54) is 0 Å². The maximum absolute atomic E-state index is 12.5. The molecule has 7 nitrogen and oxygen atoms in total. The summed E-state index contributed by atoms with van der Waals surface area (Å²) in [6, 6.07) is 0.439. The molecular formula is C17H28N4O3. The van der Waals surface area contributed by atoms with Crippen molar-refractivity contribution < 1.29 is 14.3 Å². The molecule has 7 heteroatoms. The van der Waals surface area contributed by atoms with Gasteiger partial charge in [-0.15, -0.1) is 0 Å². The Morgan fingerprint density at radius 1 is 1.50 bits per heavy atom. The van der Waals surface area contributed by atoms with Crippen LogP contribution in [0.2, 0.25) is 0 Å². The lowest BCUT2D eigenvalue weighted by Gasteiger charge is -2.28. The van der Waals surface area contributed by atoms with E-state index in [0.29, 0.717) is 25.6 Å². The Morgan fingerprint density at radius 2 is 2.33 bits per heavy atom. The highest BCUT2D eigenvalue weighted by molar-refractivity contribution is 5.79. The summed E-state index contributed by atoms with van der Waals surface area (Å²) in [4.78, 5) is 14.5. The molecule has 0 unspecified atom stereocenters. The maximum atomic E-state index is 12.5. The molecule has 0 aliphatic carbocycles. The van der Waals surface area contributed by atoms with Gasteiger partial charge in [0.15, 0.2) is 0 Å². The molecule has 2 aliphatic rings. The fourth-order valence-electron chi connectivity index (χ4n) is 3.85. The fraction of sp³-hybridized carbons (Fsp3) is 0.765. The van der Waals surface area contributed by atoms with Crippen LogP contribution in [0.15, 0.2) is 12.4 Å². The zero-order chi connectivity index (χ0) is 17.1. The van der Waals surface area contributed by atoms with Crippen LogP contribution in [-0.2, 0) is 21.3 Å². The first-order valence-electron chi connectivity index (χ1n) is 8.72. The van der Waals surface area contributed by atoms with Gasteiger partial charge in [0.05, 0.1) is 24.9 Å².